The van der Waals surface area contributed by atoms with Crippen molar-refractivity contribution in [2.45, 2.75) is 38.3 Å². The van der Waals surface area contributed by atoms with Crippen molar-refractivity contribution in [2.24, 2.45) is 5.73 Å². The second-order valence-corrected chi connectivity index (χ2v) is 5.78. The Kier molecular flexibility index (Phi) is 4.50. The Balaban J connectivity index is 1.83. The van der Waals surface area contributed by atoms with E-state index >= 15 is 0 Å². The molecule has 1 aromatic rings. The van der Waals surface area contributed by atoms with Gasteiger partial charge in [-0.05, 0) is 26.3 Å². The number of nitrogens with two attached hydrogens (primary N) is 1. The third kappa shape index (κ3) is 3.74. The molecule has 0 radical (unpaired) electrons. The van der Waals surface area contributed by atoms with Crippen molar-refractivity contribution in [3.8, 4) is 0 Å². The average Bonchev–Trinajstić information content (AvgIpc) is 2.76. The Morgan fingerprint density at radius 3 is 3.24 bits per heavy atom. The molecule has 0 bridgehead atoms. The van der Waals surface area contributed by atoms with Gasteiger partial charge in [0, 0.05) is 30.5 Å². The van der Waals surface area contributed by atoms with Gasteiger partial charge in [0.25, 0.3) is 0 Å². The van der Waals surface area contributed by atoms with Gasteiger partial charge in [0.1, 0.15) is 0 Å². The number of aromatic nitrogens is 1. The van der Waals surface area contributed by atoms with Gasteiger partial charge in [-0.15, -0.1) is 11.3 Å². The summed E-state index contributed by atoms with van der Waals surface area (Å²) in [7, 11) is 0. The summed E-state index contributed by atoms with van der Waals surface area (Å²) in [6, 6.07) is 0. The molecule has 1 fully saturated rings. The third-order valence-electron chi connectivity index (χ3n) is 3.09. The summed E-state index contributed by atoms with van der Waals surface area (Å²) in [5.74, 6) is 0. The molecule has 17 heavy (non-hydrogen) atoms. The molecule has 1 saturated heterocycles. The Morgan fingerprint density at radius 2 is 2.53 bits per heavy atom. The molecule has 1 aliphatic rings. The second-order valence-electron chi connectivity index (χ2n) is 4.84. The van der Waals surface area contributed by atoms with E-state index in [1.807, 2.05) is 0 Å². The predicted octanol–water partition coefficient (Wildman–Crippen LogP) is 1.30. The van der Waals surface area contributed by atoms with Crippen LogP contribution in [0, 0.1) is 0 Å². The van der Waals surface area contributed by atoms with Crippen LogP contribution >= 0.6 is 11.3 Å². The first-order valence-corrected chi connectivity index (χ1v) is 7.06. The van der Waals surface area contributed by atoms with Crippen LogP contribution in [-0.4, -0.2) is 30.3 Å². The van der Waals surface area contributed by atoms with Crippen LogP contribution in [0.5, 0.6) is 0 Å². The normalized spacial score (nSPS) is 25.1. The van der Waals surface area contributed by atoms with E-state index in [1.54, 1.807) is 11.3 Å². The van der Waals surface area contributed by atoms with E-state index in [1.165, 1.54) is 6.42 Å². The first kappa shape index (κ1) is 13.0. The Bertz CT molecular complexity index is 347. The molecule has 96 valence electrons. The molecular weight excluding hydrogens is 234 g/mol. The molecule has 2 heterocycles. The summed E-state index contributed by atoms with van der Waals surface area (Å²) in [6.45, 7) is 5.41. The average molecular weight is 255 g/mol. The minimum Gasteiger partial charge on any atom is -0.380 e. The minimum atomic E-state index is 0.107. The van der Waals surface area contributed by atoms with Crippen molar-refractivity contribution in [1.82, 2.24) is 10.3 Å². The molecule has 0 spiro atoms. The van der Waals surface area contributed by atoms with E-state index in [9.17, 15) is 0 Å². The lowest BCUT2D eigenvalue weighted by Gasteiger charge is -2.34. The molecule has 0 aromatic carbocycles. The lowest BCUT2D eigenvalue weighted by molar-refractivity contribution is 0.0276. The number of rotatable bonds is 5. The summed E-state index contributed by atoms with van der Waals surface area (Å²) in [5, 5.41) is 6.81. The van der Waals surface area contributed by atoms with Gasteiger partial charge in [-0.3, -0.25) is 0 Å². The summed E-state index contributed by atoms with van der Waals surface area (Å²) >= 11 is 1.70. The zero-order chi connectivity index (χ0) is 12.1. The van der Waals surface area contributed by atoms with Crippen LogP contribution < -0.4 is 11.1 Å². The molecule has 1 atom stereocenters. The van der Waals surface area contributed by atoms with Crippen molar-refractivity contribution in [1.29, 1.82) is 0 Å². The summed E-state index contributed by atoms with van der Waals surface area (Å²) < 4.78 is 5.52. The Labute approximate surface area is 107 Å². The lowest BCUT2D eigenvalue weighted by atomic mass is 9.95. The SMILES string of the molecule is CC1(NCc2csc(CCN)n2)CCCOC1. The number of nitrogens with one attached hydrogen (secondary N) is 1. The molecule has 0 aliphatic carbocycles. The monoisotopic (exact) mass is 255 g/mol. The molecule has 0 saturated carbocycles. The van der Waals surface area contributed by atoms with Gasteiger partial charge < -0.3 is 15.8 Å². The molecule has 2 rings (SSSR count). The summed E-state index contributed by atoms with van der Waals surface area (Å²) in [6.07, 6.45) is 3.19. The van der Waals surface area contributed by atoms with Crippen molar-refractivity contribution in [3.63, 3.8) is 0 Å². The molecule has 4 nitrogen and oxygen atoms in total. The van der Waals surface area contributed by atoms with Crippen molar-refractivity contribution < 1.29 is 4.74 Å². The fourth-order valence-corrected chi connectivity index (χ4v) is 2.86. The van der Waals surface area contributed by atoms with Crippen molar-refractivity contribution in [2.75, 3.05) is 19.8 Å². The molecule has 1 aromatic heterocycles. The molecule has 0 amide bonds. The van der Waals surface area contributed by atoms with Crippen molar-refractivity contribution >= 4 is 11.3 Å². The van der Waals surface area contributed by atoms with Crippen LogP contribution in [0.2, 0.25) is 0 Å². The second kappa shape index (κ2) is 5.91. The Hall–Kier alpha value is -0.490. The van der Waals surface area contributed by atoms with Gasteiger partial charge in [-0.1, -0.05) is 0 Å². The van der Waals surface area contributed by atoms with Gasteiger partial charge in [0.2, 0.25) is 0 Å². The van der Waals surface area contributed by atoms with Gasteiger partial charge in [0.15, 0.2) is 0 Å². The lowest BCUT2D eigenvalue weighted by Crippen LogP contribution is -2.48. The molecular formula is C12H21N3OS. The van der Waals surface area contributed by atoms with Crippen molar-refractivity contribution in [3.05, 3.63) is 16.1 Å². The largest absolute Gasteiger partial charge is 0.380 e. The van der Waals surface area contributed by atoms with Gasteiger partial charge in [-0.25, -0.2) is 4.98 Å². The van der Waals surface area contributed by atoms with Gasteiger partial charge in [0.05, 0.1) is 17.3 Å². The number of nitrogens with zero attached hydrogens (tertiary/aromatic N) is 1. The topological polar surface area (TPSA) is 60.2 Å². The minimum absolute atomic E-state index is 0.107. The highest BCUT2D eigenvalue weighted by molar-refractivity contribution is 7.09. The van der Waals surface area contributed by atoms with E-state index in [-0.39, 0.29) is 5.54 Å². The van der Waals surface area contributed by atoms with Crippen LogP contribution in [0.4, 0.5) is 0 Å². The van der Waals surface area contributed by atoms with Gasteiger partial charge >= 0.3 is 0 Å². The molecule has 1 unspecified atom stereocenters. The van der Waals surface area contributed by atoms with Crippen LogP contribution in [0.25, 0.3) is 0 Å². The fourth-order valence-electron chi connectivity index (χ4n) is 2.05. The van der Waals surface area contributed by atoms with Crippen LogP contribution in [0.15, 0.2) is 5.38 Å². The standard InChI is InChI=1S/C12H21N3OS/c1-12(4-2-6-16-9-12)14-7-10-8-17-11(15-10)3-5-13/h8,14H,2-7,9,13H2,1H3. The maximum atomic E-state index is 5.52. The van der Waals surface area contributed by atoms with Crippen LogP contribution in [-0.2, 0) is 17.7 Å². The number of ether oxygens (including phenoxy) is 1. The highest BCUT2D eigenvalue weighted by Gasteiger charge is 2.26. The number of hydrogen-bond acceptors (Lipinski definition) is 5. The fraction of sp³-hybridized carbons (Fsp3) is 0.750. The number of thiazole rings is 1. The predicted molar refractivity (Wildman–Crippen MR) is 70.2 cm³/mol. The highest BCUT2D eigenvalue weighted by atomic mass is 32.1. The zero-order valence-corrected chi connectivity index (χ0v) is 11.2. The van der Waals surface area contributed by atoms with Gasteiger partial charge in [-0.2, -0.15) is 0 Å². The molecule has 3 N–H and O–H groups in total. The maximum Gasteiger partial charge on any atom is 0.0941 e. The first-order valence-electron chi connectivity index (χ1n) is 6.18. The van der Waals surface area contributed by atoms with Crippen LogP contribution in [0.1, 0.15) is 30.5 Å². The molecule has 5 heteroatoms. The quantitative estimate of drug-likeness (QED) is 0.832. The van der Waals surface area contributed by atoms with Crippen LogP contribution in [0.3, 0.4) is 0 Å². The van der Waals surface area contributed by atoms with E-state index in [0.29, 0.717) is 6.54 Å². The highest BCUT2D eigenvalue weighted by Crippen LogP contribution is 2.19. The Morgan fingerprint density at radius 1 is 1.65 bits per heavy atom. The number of hydrogen-bond donors (Lipinski definition) is 2. The zero-order valence-electron chi connectivity index (χ0n) is 10.4. The van der Waals surface area contributed by atoms with E-state index < -0.39 is 0 Å². The van der Waals surface area contributed by atoms with E-state index in [2.05, 4.69) is 22.6 Å². The summed E-state index contributed by atoms with van der Waals surface area (Å²) in [5.41, 5.74) is 6.74. The van der Waals surface area contributed by atoms with E-state index in [0.717, 1.165) is 43.3 Å². The maximum absolute atomic E-state index is 5.52. The first-order chi connectivity index (χ1) is 8.22. The molecule has 1 aliphatic heterocycles. The van der Waals surface area contributed by atoms with E-state index in [4.69, 9.17) is 10.5 Å². The smallest absolute Gasteiger partial charge is 0.0941 e. The third-order valence-corrected chi connectivity index (χ3v) is 4.05. The summed E-state index contributed by atoms with van der Waals surface area (Å²) in [4.78, 5) is 4.55.